The maximum Gasteiger partial charge on any atom is 0.224 e. The van der Waals surface area contributed by atoms with Crippen LogP contribution in [0.3, 0.4) is 0 Å². The molecule has 2 atom stereocenters. The number of para-hydroxylation sites is 1. The summed E-state index contributed by atoms with van der Waals surface area (Å²) in [5, 5.41) is 12.2. The zero-order valence-corrected chi connectivity index (χ0v) is 10.9. The highest BCUT2D eigenvalue weighted by Gasteiger charge is 2.33. The number of hydrogen-bond acceptors (Lipinski definition) is 3. The van der Waals surface area contributed by atoms with E-state index in [4.69, 9.17) is 4.42 Å². The Labute approximate surface area is 115 Å². The van der Waals surface area contributed by atoms with Crippen LogP contribution in [0, 0.1) is 10.1 Å². The third-order valence-electron chi connectivity index (χ3n) is 3.62. The quantitative estimate of drug-likeness (QED) is 0.582. The number of H-pyrrole nitrogens is 1. The summed E-state index contributed by atoms with van der Waals surface area (Å²) in [4.78, 5) is 14.1. The van der Waals surface area contributed by atoms with Crippen molar-refractivity contribution < 1.29 is 9.34 Å². The summed E-state index contributed by atoms with van der Waals surface area (Å²) in [6.45, 7) is 1.61. The van der Waals surface area contributed by atoms with Crippen LogP contribution in [0.25, 0.3) is 10.9 Å². The molecule has 2 unspecified atom stereocenters. The molecule has 3 rings (SSSR count). The number of hydrogen-bond donors (Lipinski definition) is 1. The van der Waals surface area contributed by atoms with E-state index in [0.29, 0.717) is 5.76 Å². The minimum absolute atomic E-state index is 0.269. The molecule has 1 aromatic carbocycles. The van der Waals surface area contributed by atoms with E-state index in [2.05, 4.69) is 4.98 Å². The van der Waals surface area contributed by atoms with Gasteiger partial charge in [0.15, 0.2) is 0 Å². The first-order valence-electron chi connectivity index (χ1n) is 6.41. The van der Waals surface area contributed by atoms with Gasteiger partial charge in [0.05, 0.1) is 6.26 Å². The number of aromatic nitrogens is 1. The van der Waals surface area contributed by atoms with Crippen molar-refractivity contribution in [2.45, 2.75) is 18.9 Å². The molecule has 0 aliphatic carbocycles. The molecule has 102 valence electrons. The van der Waals surface area contributed by atoms with Gasteiger partial charge in [0.25, 0.3) is 0 Å². The predicted octanol–water partition coefficient (Wildman–Crippen LogP) is 3.56. The highest BCUT2D eigenvalue weighted by molar-refractivity contribution is 5.84. The Morgan fingerprint density at radius 1 is 1.25 bits per heavy atom. The lowest BCUT2D eigenvalue weighted by Gasteiger charge is -2.15. The van der Waals surface area contributed by atoms with E-state index < -0.39 is 12.0 Å². The molecule has 0 aliphatic heterocycles. The minimum Gasteiger partial charge on any atom is -0.468 e. The van der Waals surface area contributed by atoms with E-state index in [1.165, 1.54) is 0 Å². The van der Waals surface area contributed by atoms with Gasteiger partial charge >= 0.3 is 0 Å². The Morgan fingerprint density at radius 2 is 2.05 bits per heavy atom. The van der Waals surface area contributed by atoms with Crippen LogP contribution in [0.2, 0.25) is 0 Å². The van der Waals surface area contributed by atoms with E-state index in [0.717, 1.165) is 16.5 Å². The van der Waals surface area contributed by atoms with Gasteiger partial charge in [-0.15, -0.1) is 0 Å². The lowest BCUT2D eigenvalue weighted by atomic mass is 9.90. The van der Waals surface area contributed by atoms with Crippen molar-refractivity contribution in [2.75, 3.05) is 0 Å². The molecule has 2 aromatic heterocycles. The zero-order valence-electron chi connectivity index (χ0n) is 10.9. The van der Waals surface area contributed by atoms with Gasteiger partial charge in [-0.25, -0.2) is 0 Å². The number of rotatable bonds is 4. The van der Waals surface area contributed by atoms with Crippen LogP contribution in [-0.4, -0.2) is 15.9 Å². The molecule has 5 nitrogen and oxygen atoms in total. The fraction of sp³-hybridized carbons (Fsp3) is 0.200. The van der Waals surface area contributed by atoms with E-state index in [1.807, 2.05) is 30.5 Å². The first-order chi connectivity index (χ1) is 9.68. The fourth-order valence-electron chi connectivity index (χ4n) is 2.59. The topological polar surface area (TPSA) is 72.1 Å². The summed E-state index contributed by atoms with van der Waals surface area (Å²) in [6, 6.07) is 10.5. The number of furan rings is 1. The number of benzene rings is 1. The molecule has 3 aromatic rings. The maximum atomic E-state index is 11.2. The lowest BCUT2D eigenvalue weighted by Crippen LogP contribution is -2.24. The summed E-state index contributed by atoms with van der Waals surface area (Å²) in [5.74, 6) is 0.204. The molecular weight excluding hydrogens is 256 g/mol. The highest BCUT2D eigenvalue weighted by atomic mass is 16.6. The molecule has 2 heterocycles. The molecule has 20 heavy (non-hydrogen) atoms. The van der Waals surface area contributed by atoms with Gasteiger partial charge in [-0.05, 0) is 23.8 Å². The maximum absolute atomic E-state index is 11.2. The lowest BCUT2D eigenvalue weighted by molar-refractivity contribution is -0.520. The number of aromatic amines is 1. The average Bonchev–Trinajstić information content (AvgIpc) is 3.09. The summed E-state index contributed by atoms with van der Waals surface area (Å²) < 4.78 is 5.42. The largest absolute Gasteiger partial charge is 0.468 e. The van der Waals surface area contributed by atoms with Crippen LogP contribution in [-0.2, 0) is 0 Å². The van der Waals surface area contributed by atoms with Crippen molar-refractivity contribution in [1.29, 1.82) is 0 Å². The predicted molar refractivity (Wildman–Crippen MR) is 75.3 cm³/mol. The van der Waals surface area contributed by atoms with Crippen molar-refractivity contribution >= 4 is 10.9 Å². The Bertz CT molecular complexity index is 731. The Hall–Kier alpha value is -2.56. The molecule has 0 saturated heterocycles. The van der Waals surface area contributed by atoms with Gasteiger partial charge in [0, 0.05) is 28.9 Å². The molecule has 0 aliphatic rings. The molecule has 5 heteroatoms. The third-order valence-corrected chi connectivity index (χ3v) is 3.62. The van der Waals surface area contributed by atoms with E-state index in [9.17, 15) is 10.1 Å². The number of nitrogens with zero attached hydrogens (tertiary/aromatic N) is 1. The summed E-state index contributed by atoms with van der Waals surface area (Å²) in [6.07, 6.45) is 3.38. The van der Waals surface area contributed by atoms with Gasteiger partial charge in [-0.1, -0.05) is 18.2 Å². The summed E-state index contributed by atoms with van der Waals surface area (Å²) >= 11 is 0. The smallest absolute Gasteiger partial charge is 0.224 e. The molecular formula is C15H14N2O3. The highest BCUT2D eigenvalue weighted by Crippen LogP contribution is 2.34. The summed E-state index contributed by atoms with van der Waals surface area (Å²) in [5.41, 5.74) is 1.86. The first-order valence-corrected chi connectivity index (χ1v) is 6.41. The van der Waals surface area contributed by atoms with Gasteiger partial charge in [-0.2, -0.15) is 0 Å². The van der Waals surface area contributed by atoms with Crippen molar-refractivity contribution in [2.24, 2.45) is 0 Å². The van der Waals surface area contributed by atoms with Gasteiger partial charge < -0.3 is 9.40 Å². The van der Waals surface area contributed by atoms with Crippen LogP contribution in [0.1, 0.15) is 24.2 Å². The van der Waals surface area contributed by atoms with E-state index in [1.54, 1.807) is 25.3 Å². The van der Waals surface area contributed by atoms with E-state index >= 15 is 0 Å². The summed E-state index contributed by atoms with van der Waals surface area (Å²) in [7, 11) is 0. The molecule has 0 saturated carbocycles. The number of nitrogens with one attached hydrogen (secondary N) is 1. The molecule has 0 fully saturated rings. The third kappa shape index (κ3) is 1.97. The second-order valence-electron chi connectivity index (χ2n) is 4.81. The van der Waals surface area contributed by atoms with Crippen molar-refractivity contribution in [3.05, 3.63) is 70.3 Å². The van der Waals surface area contributed by atoms with Crippen molar-refractivity contribution in [3.8, 4) is 0 Å². The SMILES string of the molecule is CC(C(c1ccco1)c1c[nH]c2ccccc12)[N+](=O)[O-]. The second kappa shape index (κ2) is 4.85. The van der Waals surface area contributed by atoms with Gasteiger partial charge in [0.1, 0.15) is 11.7 Å². The van der Waals surface area contributed by atoms with Crippen LogP contribution in [0.5, 0.6) is 0 Å². The molecule has 0 amide bonds. The van der Waals surface area contributed by atoms with Gasteiger partial charge in [-0.3, -0.25) is 10.1 Å². The van der Waals surface area contributed by atoms with Crippen LogP contribution >= 0.6 is 0 Å². The van der Waals surface area contributed by atoms with Crippen LogP contribution in [0.15, 0.2) is 53.3 Å². The van der Waals surface area contributed by atoms with Crippen molar-refractivity contribution in [1.82, 2.24) is 4.98 Å². The normalized spacial score (nSPS) is 14.2. The monoisotopic (exact) mass is 270 g/mol. The van der Waals surface area contributed by atoms with Crippen LogP contribution < -0.4 is 0 Å². The van der Waals surface area contributed by atoms with Gasteiger partial charge in [0.2, 0.25) is 6.04 Å². The number of nitro groups is 1. The van der Waals surface area contributed by atoms with E-state index in [-0.39, 0.29) is 4.92 Å². The fourth-order valence-corrected chi connectivity index (χ4v) is 2.59. The first kappa shape index (κ1) is 12.5. The van der Waals surface area contributed by atoms with Crippen molar-refractivity contribution in [3.63, 3.8) is 0 Å². The molecule has 0 bridgehead atoms. The van der Waals surface area contributed by atoms with Crippen LogP contribution in [0.4, 0.5) is 0 Å². The molecule has 0 radical (unpaired) electrons. The Balaban J connectivity index is 2.17. The Kier molecular flexibility index (Phi) is 3.02. The second-order valence-corrected chi connectivity index (χ2v) is 4.81. The standard InChI is InChI=1S/C15H14N2O3/c1-10(17(18)19)15(14-7-4-8-20-14)12-9-16-13-6-3-2-5-11(12)13/h2-10,15-16H,1H3. The number of fused-ring (bicyclic) bond motifs is 1. The molecule has 1 N–H and O–H groups in total. The minimum atomic E-state index is -0.764. The average molecular weight is 270 g/mol. The Morgan fingerprint density at radius 3 is 2.75 bits per heavy atom. The zero-order chi connectivity index (χ0) is 14.1. The molecule has 0 spiro atoms.